The Bertz CT molecular complexity index is 424. The summed E-state index contributed by atoms with van der Waals surface area (Å²) >= 11 is 0. The first kappa shape index (κ1) is 15.7. The van der Waals surface area contributed by atoms with E-state index in [4.69, 9.17) is 14.2 Å². The Morgan fingerprint density at radius 2 is 1.32 bits per heavy atom. The van der Waals surface area contributed by atoms with Crippen LogP contribution in [0.5, 0.6) is 0 Å². The van der Waals surface area contributed by atoms with Gasteiger partial charge in [-0.05, 0) is 11.0 Å². The molecule has 106 valence electrons. The molecule has 0 aliphatic rings. The summed E-state index contributed by atoms with van der Waals surface area (Å²) < 4.78 is 15.3. The maximum absolute atomic E-state index is 11.9. The molecular formula is C15H22O4. The van der Waals surface area contributed by atoms with Gasteiger partial charge in [0.05, 0.1) is 7.11 Å². The first-order valence-corrected chi connectivity index (χ1v) is 6.11. The lowest BCUT2D eigenvalue weighted by molar-refractivity contribution is -0.233. The molecule has 0 saturated carbocycles. The van der Waals surface area contributed by atoms with Gasteiger partial charge in [0.15, 0.2) is 0 Å². The second-order valence-corrected chi connectivity index (χ2v) is 5.34. The fraction of sp³-hybridized carbons (Fsp3) is 0.533. The van der Waals surface area contributed by atoms with Crippen molar-refractivity contribution in [1.29, 1.82) is 0 Å². The standard InChI is InChI=1S/C15H22O4/c1-14(2,3)11-7-9-12(10-8-11)15(18-5,19-6)13(16)17-4/h7-10H,1-6H3. The average Bonchev–Trinajstić information content (AvgIpc) is 2.40. The summed E-state index contributed by atoms with van der Waals surface area (Å²) in [7, 11) is 4.13. The molecule has 0 fully saturated rings. The van der Waals surface area contributed by atoms with Crippen LogP contribution in [0, 0.1) is 0 Å². The van der Waals surface area contributed by atoms with Crippen LogP contribution in [0.2, 0.25) is 0 Å². The Balaban J connectivity index is 3.22. The van der Waals surface area contributed by atoms with Gasteiger partial charge in [-0.25, -0.2) is 4.79 Å². The number of ether oxygens (including phenoxy) is 3. The van der Waals surface area contributed by atoms with Crippen molar-refractivity contribution in [3.05, 3.63) is 35.4 Å². The molecule has 1 aromatic carbocycles. The highest BCUT2D eigenvalue weighted by Crippen LogP contribution is 2.30. The van der Waals surface area contributed by atoms with Crippen LogP contribution >= 0.6 is 0 Å². The monoisotopic (exact) mass is 266 g/mol. The quantitative estimate of drug-likeness (QED) is 0.620. The topological polar surface area (TPSA) is 44.8 Å². The van der Waals surface area contributed by atoms with Gasteiger partial charge in [0, 0.05) is 19.8 Å². The third-order valence-electron chi connectivity index (χ3n) is 3.16. The fourth-order valence-corrected chi connectivity index (χ4v) is 1.93. The molecule has 0 aliphatic heterocycles. The smallest absolute Gasteiger partial charge is 0.371 e. The molecule has 0 radical (unpaired) electrons. The number of carbonyl (C=O) groups is 1. The predicted octanol–water partition coefficient (Wildman–Crippen LogP) is 2.60. The Morgan fingerprint density at radius 1 is 0.895 bits per heavy atom. The number of methoxy groups -OCH3 is 3. The number of rotatable bonds is 4. The normalized spacial score (nSPS) is 12.3. The highest BCUT2D eigenvalue weighted by molar-refractivity contribution is 5.79. The lowest BCUT2D eigenvalue weighted by atomic mass is 9.86. The molecule has 0 bridgehead atoms. The first-order valence-electron chi connectivity index (χ1n) is 6.11. The Labute approximate surface area is 114 Å². The summed E-state index contributed by atoms with van der Waals surface area (Å²) in [6.07, 6.45) is 0. The molecule has 0 amide bonds. The number of hydrogen-bond donors (Lipinski definition) is 0. The zero-order valence-electron chi connectivity index (χ0n) is 12.4. The summed E-state index contributed by atoms with van der Waals surface area (Å²) in [6.45, 7) is 6.38. The van der Waals surface area contributed by atoms with Crippen LogP contribution in [-0.4, -0.2) is 27.3 Å². The van der Waals surface area contributed by atoms with E-state index >= 15 is 0 Å². The van der Waals surface area contributed by atoms with Crippen molar-refractivity contribution >= 4 is 5.97 Å². The Kier molecular flexibility index (Phi) is 4.71. The van der Waals surface area contributed by atoms with Gasteiger partial charge in [-0.15, -0.1) is 0 Å². The van der Waals surface area contributed by atoms with Gasteiger partial charge in [-0.1, -0.05) is 45.0 Å². The highest BCUT2D eigenvalue weighted by atomic mass is 16.7. The van der Waals surface area contributed by atoms with Gasteiger partial charge < -0.3 is 14.2 Å². The minimum absolute atomic E-state index is 0.0482. The molecule has 19 heavy (non-hydrogen) atoms. The van der Waals surface area contributed by atoms with Crippen molar-refractivity contribution in [2.45, 2.75) is 32.0 Å². The lowest BCUT2D eigenvalue weighted by Gasteiger charge is -2.28. The molecule has 0 aliphatic carbocycles. The minimum atomic E-state index is -1.51. The average molecular weight is 266 g/mol. The molecule has 0 heterocycles. The second-order valence-electron chi connectivity index (χ2n) is 5.34. The van der Waals surface area contributed by atoms with Crippen molar-refractivity contribution < 1.29 is 19.0 Å². The molecular weight excluding hydrogens is 244 g/mol. The molecule has 4 heteroatoms. The van der Waals surface area contributed by atoms with Crippen LogP contribution < -0.4 is 0 Å². The van der Waals surface area contributed by atoms with E-state index in [0.717, 1.165) is 0 Å². The molecule has 4 nitrogen and oxygen atoms in total. The predicted molar refractivity (Wildman–Crippen MR) is 72.9 cm³/mol. The molecule has 0 aromatic heterocycles. The minimum Gasteiger partial charge on any atom is -0.465 e. The van der Waals surface area contributed by atoms with E-state index in [-0.39, 0.29) is 5.41 Å². The van der Waals surface area contributed by atoms with Gasteiger partial charge in [0.1, 0.15) is 0 Å². The summed E-state index contributed by atoms with van der Waals surface area (Å²) in [5, 5.41) is 0. The number of esters is 1. The Hall–Kier alpha value is -1.39. The van der Waals surface area contributed by atoms with E-state index in [1.54, 1.807) is 0 Å². The van der Waals surface area contributed by atoms with Crippen LogP contribution in [0.15, 0.2) is 24.3 Å². The van der Waals surface area contributed by atoms with E-state index in [1.165, 1.54) is 26.9 Å². The SMILES string of the molecule is COC(=O)C(OC)(OC)c1ccc(C(C)(C)C)cc1. The van der Waals surface area contributed by atoms with E-state index in [9.17, 15) is 4.79 Å². The fourth-order valence-electron chi connectivity index (χ4n) is 1.93. The maximum atomic E-state index is 11.9. The zero-order valence-corrected chi connectivity index (χ0v) is 12.4. The summed E-state index contributed by atoms with van der Waals surface area (Å²) in [4.78, 5) is 11.9. The van der Waals surface area contributed by atoms with Crippen LogP contribution in [0.25, 0.3) is 0 Å². The van der Waals surface area contributed by atoms with Crippen molar-refractivity contribution in [2.75, 3.05) is 21.3 Å². The molecule has 0 N–H and O–H groups in total. The molecule has 0 spiro atoms. The van der Waals surface area contributed by atoms with Gasteiger partial charge in [0.25, 0.3) is 5.79 Å². The highest BCUT2D eigenvalue weighted by Gasteiger charge is 2.42. The molecule has 1 rings (SSSR count). The maximum Gasteiger partial charge on any atom is 0.371 e. The van der Waals surface area contributed by atoms with Crippen molar-refractivity contribution in [2.24, 2.45) is 0 Å². The van der Waals surface area contributed by atoms with E-state index in [0.29, 0.717) is 5.56 Å². The third-order valence-corrected chi connectivity index (χ3v) is 3.16. The molecule has 0 unspecified atom stereocenters. The van der Waals surface area contributed by atoms with Crippen LogP contribution in [0.4, 0.5) is 0 Å². The lowest BCUT2D eigenvalue weighted by Crippen LogP contribution is -2.40. The van der Waals surface area contributed by atoms with Crippen LogP contribution in [-0.2, 0) is 30.2 Å². The summed E-state index contributed by atoms with van der Waals surface area (Å²) in [6, 6.07) is 7.57. The van der Waals surface area contributed by atoms with E-state index in [1.807, 2.05) is 24.3 Å². The number of carbonyl (C=O) groups excluding carboxylic acids is 1. The number of benzene rings is 1. The third kappa shape index (κ3) is 2.96. The van der Waals surface area contributed by atoms with Crippen molar-refractivity contribution in [3.63, 3.8) is 0 Å². The van der Waals surface area contributed by atoms with Crippen molar-refractivity contribution in [1.82, 2.24) is 0 Å². The van der Waals surface area contributed by atoms with E-state index < -0.39 is 11.8 Å². The molecule has 0 saturated heterocycles. The van der Waals surface area contributed by atoms with Gasteiger partial charge >= 0.3 is 5.97 Å². The largest absolute Gasteiger partial charge is 0.465 e. The summed E-state index contributed by atoms with van der Waals surface area (Å²) in [5.41, 5.74) is 1.83. The van der Waals surface area contributed by atoms with Gasteiger partial charge in [-0.2, -0.15) is 0 Å². The Morgan fingerprint density at radius 3 is 1.63 bits per heavy atom. The molecule has 1 aromatic rings. The second kappa shape index (κ2) is 5.72. The van der Waals surface area contributed by atoms with Crippen LogP contribution in [0.3, 0.4) is 0 Å². The van der Waals surface area contributed by atoms with Gasteiger partial charge in [0.2, 0.25) is 0 Å². The van der Waals surface area contributed by atoms with E-state index in [2.05, 4.69) is 20.8 Å². The zero-order chi connectivity index (χ0) is 14.7. The first-order chi connectivity index (χ1) is 8.81. The molecule has 0 atom stereocenters. The summed E-state index contributed by atoms with van der Waals surface area (Å²) in [5.74, 6) is -2.09. The van der Waals surface area contributed by atoms with Crippen molar-refractivity contribution in [3.8, 4) is 0 Å². The number of hydrogen-bond acceptors (Lipinski definition) is 4. The van der Waals surface area contributed by atoms with Crippen LogP contribution in [0.1, 0.15) is 31.9 Å². The van der Waals surface area contributed by atoms with Gasteiger partial charge in [-0.3, -0.25) is 0 Å².